The van der Waals surface area contributed by atoms with E-state index in [4.69, 9.17) is 0 Å². The van der Waals surface area contributed by atoms with E-state index >= 15 is 0 Å². The molecule has 0 aliphatic heterocycles. The van der Waals surface area contributed by atoms with E-state index in [0.29, 0.717) is 0 Å². The van der Waals surface area contributed by atoms with Crippen LogP contribution >= 0.6 is 0 Å². The Morgan fingerprint density at radius 2 is 1.65 bits per heavy atom. The molecule has 0 radical (unpaired) electrons. The fourth-order valence-electron chi connectivity index (χ4n) is 2.92. The second-order valence-corrected chi connectivity index (χ2v) is 5.64. The highest BCUT2D eigenvalue weighted by atomic mass is 14.9. The summed E-state index contributed by atoms with van der Waals surface area (Å²) in [5, 5.41) is 3.46. The van der Waals surface area contributed by atoms with Crippen molar-refractivity contribution in [3.63, 3.8) is 0 Å². The molecule has 2 rings (SSSR count). The highest BCUT2D eigenvalue weighted by molar-refractivity contribution is 5.38. The number of benzene rings is 2. The lowest BCUT2D eigenvalue weighted by Gasteiger charge is -2.19. The minimum absolute atomic E-state index is 0.269. The van der Waals surface area contributed by atoms with E-state index in [-0.39, 0.29) is 6.04 Å². The number of nitrogens with one attached hydrogen (secondary N) is 1. The maximum atomic E-state index is 3.46. The van der Waals surface area contributed by atoms with Crippen molar-refractivity contribution in [1.29, 1.82) is 0 Å². The van der Waals surface area contributed by atoms with Gasteiger partial charge in [0, 0.05) is 0 Å². The fraction of sp³-hybridized carbons (Fsp3) is 0.368. The summed E-state index contributed by atoms with van der Waals surface area (Å²) in [6.45, 7) is 6.56. The highest BCUT2D eigenvalue weighted by Crippen LogP contribution is 2.24. The van der Waals surface area contributed by atoms with Crippen LogP contribution in [0.1, 0.15) is 47.2 Å². The quantitative estimate of drug-likeness (QED) is 0.837. The predicted molar refractivity (Wildman–Crippen MR) is 87.3 cm³/mol. The summed E-state index contributed by atoms with van der Waals surface area (Å²) in [5.41, 5.74) is 6.77. The summed E-state index contributed by atoms with van der Waals surface area (Å²) in [7, 11) is 2.04. The number of aryl methyl sites for hydroxylation is 3. The molecule has 1 atom stereocenters. The molecule has 2 aromatic rings. The molecular weight excluding hydrogens is 242 g/mol. The summed E-state index contributed by atoms with van der Waals surface area (Å²) in [6.07, 6.45) is 2.34. The third kappa shape index (κ3) is 3.49. The third-order valence-corrected chi connectivity index (χ3v) is 3.69. The molecule has 20 heavy (non-hydrogen) atoms. The topological polar surface area (TPSA) is 12.0 Å². The molecule has 0 amide bonds. The van der Waals surface area contributed by atoms with E-state index in [1.165, 1.54) is 34.2 Å². The molecule has 0 fully saturated rings. The molecule has 0 heterocycles. The molecule has 1 heteroatoms. The van der Waals surface area contributed by atoms with E-state index in [2.05, 4.69) is 68.6 Å². The maximum absolute atomic E-state index is 3.46. The molecule has 1 N–H and O–H groups in total. The van der Waals surface area contributed by atoms with Gasteiger partial charge in [-0.25, -0.2) is 0 Å². The molecule has 0 aliphatic carbocycles. The Morgan fingerprint density at radius 3 is 2.25 bits per heavy atom. The number of hydrogen-bond acceptors (Lipinski definition) is 1. The Hall–Kier alpha value is -1.60. The molecule has 2 aromatic carbocycles. The van der Waals surface area contributed by atoms with Crippen LogP contribution in [0, 0.1) is 13.8 Å². The van der Waals surface area contributed by atoms with E-state index in [1.807, 2.05) is 7.05 Å². The SMILES string of the molecule is CCCc1cccc(C(NC)c2cc(C)cc(C)c2)c1. The van der Waals surface area contributed by atoms with Gasteiger partial charge in [-0.1, -0.05) is 66.9 Å². The molecule has 1 nitrogen and oxygen atoms in total. The Balaban J connectivity index is 2.38. The van der Waals surface area contributed by atoms with Gasteiger partial charge in [-0.2, -0.15) is 0 Å². The first-order valence-electron chi connectivity index (χ1n) is 7.48. The Morgan fingerprint density at radius 1 is 0.950 bits per heavy atom. The molecule has 0 saturated heterocycles. The molecule has 0 aromatic heterocycles. The van der Waals surface area contributed by atoms with Gasteiger partial charge in [0.1, 0.15) is 0 Å². The van der Waals surface area contributed by atoms with Gasteiger partial charge in [0.05, 0.1) is 6.04 Å². The van der Waals surface area contributed by atoms with Crippen molar-refractivity contribution in [3.05, 3.63) is 70.3 Å². The normalized spacial score (nSPS) is 12.4. The second-order valence-electron chi connectivity index (χ2n) is 5.64. The van der Waals surface area contributed by atoms with Crippen molar-refractivity contribution >= 4 is 0 Å². The zero-order valence-electron chi connectivity index (χ0n) is 13.0. The standard InChI is InChI=1S/C19H25N/c1-5-7-16-8-6-9-17(13-16)19(20-4)18-11-14(2)10-15(3)12-18/h6,8-13,19-20H,5,7H2,1-4H3. The monoisotopic (exact) mass is 267 g/mol. The van der Waals surface area contributed by atoms with Crippen LogP contribution in [-0.2, 0) is 6.42 Å². The molecule has 0 saturated carbocycles. The zero-order valence-corrected chi connectivity index (χ0v) is 13.0. The van der Waals surface area contributed by atoms with Crippen LogP contribution < -0.4 is 5.32 Å². The Bertz CT molecular complexity index is 551. The Labute approximate surface area is 123 Å². The first-order valence-corrected chi connectivity index (χ1v) is 7.48. The van der Waals surface area contributed by atoms with Gasteiger partial charge >= 0.3 is 0 Å². The smallest absolute Gasteiger partial charge is 0.0574 e. The van der Waals surface area contributed by atoms with Gasteiger partial charge in [-0.05, 0) is 44.0 Å². The highest BCUT2D eigenvalue weighted by Gasteiger charge is 2.13. The molecule has 106 valence electrons. The number of rotatable bonds is 5. The van der Waals surface area contributed by atoms with Gasteiger partial charge in [0.25, 0.3) is 0 Å². The van der Waals surface area contributed by atoms with Crippen molar-refractivity contribution in [1.82, 2.24) is 5.32 Å². The van der Waals surface area contributed by atoms with E-state index in [0.717, 1.165) is 6.42 Å². The van der Waals surface area contributed by atoms with E-state index in [9.17, 15) is 0 Å². The van der Waals surface area contributed by atoms with Gasteiger partial charge in [-0.15, -0.1) is 0 Å². The minimum Gasteiger partial charge on any atom is -0.309 e. The summed E-state index contributed by atoms with van der Waals surface area (Å²) in [6, 6.07) is 16.0. The lowest BCUT2D eigenvalue weighted by atomic mass is 9.94. The van der Waals surface area contributed by atoms with Crippen LogP contribution in [0.5, 0.6) is 0 Å². The van der Waals surface area contributed by atoms with Crippen LogP contribution in [-0.4, -0.2) is 7.05 Å². The van der Waals surface area contributed by atoms with Crippen LogP contribution in [0.2, 0.25) is 0 Å². The molecule has 0 bridgehead atoms. The van der Waals surface area contributed by atoms with Crippen LogP contribution in [0.15, 0.2) is 42.5 Å². The van der Waals surface area contributed by atoms with Crippen LogP contribution in [0.4, 0.5) is 0 Å². The molecular formula is C19H25N. The Kier molecular flexibility index (Phi) is 4.97. The third-order valence-electron chi connectivity index (χ3n) is 3.69. The minimum atomic E-state index is 0.269. The maximum Gasteiger partial charge on any atom is 0.0574 e. The summed E-state index contributed by atoms with van der Waals surface area (Å²) < 4.78 is 0. The van der Waals surface area contributed by atoms with Crippen molar-refractivity contribution in [3.8, 4) is 0 Å². The van der Waals surface area contributed by atoms with Gasteiger partial charge in [0.2, 0.25) is 0 Å². The van der Waals surface area contributed by atoms with Gasteiger partial charge in [0.15, 0.2) is 0 Å². The predicted octanol–water partition coefficient (Wildman–Crippen LogP) is 4.56. The summed E-state index contributed by atoms with van der Waals surface area (Å²) >= 11 is 0. The molecule has 0 aliphatic rings. The van der Waals surface area contributed by atoms with Crippen molar-refractivity contribution in [2.75, 3.05) is 7.05 Å². The lowest BCUT2D eigenvalue weighted by molar-refractivity contribution is 0.689. The van der Waals surface area contributed by atoms with Gasteiger partial charge < -0.3 is 5.32 Å². The average Bonchev–Trinajstić information content (AvgIpc) is 2.39. The van der Waals surface area contributed by atoms with E-state index < -0.39 is 0 Å². The van der Waals surface area contributed by atoms with E-state index in [1.54, 1.807) is 0 Å². The zero-order chi connectivity index (χ0) is 14.5. The van der Waals surface area contributed by atoms with Gasteiger partial charge in [-0.3, -0.25) is 0 Å². The van der Waals surface area contributed by atoms with Crippen LogP contribution in [0.3, 0.4) is 0 Å². The molecule has 1 unspecified atom stereocenters. The van der Waals surface area contributed by atoms with Crippen molar-refractivity contribution in [2.45, 2.75) is 39.7 Å². The van der Waals surface area contributed by atoms with Crippen molar-refractivity contribution < 1.29 is 0 Å². The summed E-state index contributed by atoms with van der Waals surface area (Å²) in [4.78, 5) is 0. The second kappa shape index (κ2) is 6.71. The fourth-order valence-corrected chi connectivity index (χ4v) is 2.92. The number of hydrogen-bond donors (Lipinski definition) is 1. The molecule has 0 spiro atoms. The first-order chi connectivity index (χ1) is 9.63. The van der Waals surface area contributed by atoms with Crippen LogP contribution in [0.25, 0.3) is 0 Å². The first kappa shape index (κ1) is 14.8. The largest absolute Gasteiger partial charge is 0.309 e. The van der Waals surface area contributed by atoms with Crippen molar-refractivity contribution in [2.24, 2.45) is 0 Å². The summed E-state index contributed by atoms with van der Waals surface area (Å²) in [5.74, 6) is 0. The average molecular weight is 267 g/mol. The lowest BCUT2D eigenvalue weighted by Crippen LogP contribution is -2.18.